The maximum atomic E-state index is 13.1. The van der Waals surface area contributed by atoms with Gasteiger partial charge in [-0.3, -0.25) is 0 Å². The summed E-state index contributed by atoms with van der Waals surface area (Å²) >= 11 is 1.81. The van der Waals surface area contributed by atoms with E-state index in [4.69, 9.17) is 0 Å². The standard InChI is InChI=1S/C78H44N6S/c79-45-60-74(81-62-33-13-6-25-51(62)52-26-7-14-34-63(52)81)75(82-64-35-15-8-27-53(64)54-28-9-16-36-65(54)82)61(46-80)77(76(60)83-66-37-17-10-29-55(66)56-30-11-18-38-67(56)83)84-68-39-20-32-59(71-49-24-5-4-23-48(49)41-42-50(71)47-21-2-1-3-22-47)72(68)73-69(84)44-43-58-57-31-12-19-40-70(57)85-78(58)73/h1-44H. The molecule has 0 aliphatic heterocycles. The van der Waals surface area contributed by atoms with Crippen LogP contribution in [0.25, 0.3) is 163 Å². The van der Waals surface area contributed by atoms with Crippen LogP contribution >= 0.6 is 11.3 Å². The Morgan fingerprint density at radius 2 is 0.659 bits per heavy atom. The molecule has 18 rings (SSSR count). The molecule has 5 aromatic heterocycles. The lowest BCUT2D eigenvalue weighted by Crippen LogP contribution is -2.16. The second-order valence-corrected chi connectivity index (χ2v) is 23.1. The third-order valence-electron chi connectivity index (χ3n) is 17.8. The van der Waals surface area contributed by atoms with Crippen molar-refractivity contribution in [2.24, 2.45) is 0 Å². The Labute approximate surface area is 490 Å². The Balaban J connectivity index is 1.14. The van der Waals surface area contributed by atoms with Crippen molar-refractivity contribution in [3.63, 3.8) is 0 Å². The van der Waals surface area contributed by atoms with Crippen LogP contribution in [0.15, 0.2) is 267 Å². The van der Waals surface area contributed by atoms with Crippen LogP contribution in [-0.4, -0.2) is 18.3 Å². The molecule has 7 heteroatoms. The highest BCUT2D eigenvalue weighted by molar-refractivity contribution is 7.26. The van der Waals surface area contributed by atoms with Crippen LogP contribution in [0.5, 0.6) is 0 Å². The summed E-state index contributed by atoms with van der Waals surface area (Å²) in [7, 11) is 0. The molecule has 85 heavy (non-hydrogen) atoms. The van der Waals surface area contributed by atoms with E-state index in [0.29, 0.717) is 33.9 Å². The zero-order valence-corrected chi connectivity index (χ0v) is 46.3. The molecule has 13 aromatic carbocycles. The Kier molecular flexibility index (Phi) is 10.00. The lowest BCUT2D eigenvalue weighted by atomic mass is 9.88. The number of nitrogens with zero attached hydrogens (tertiary/aromatic N) is 6. The summed E-state index contributed by atoms with van der Waals surface area (Å²) in [6.45, 7) is 0. The Bertz CT molecular complexity index is 5850. The van der Waals surface area contributed by atoms with Gasteiger partial charge >= 0.3 is 0 Å². The van der Waals surface area contributed by atoms with Crippen molar-refractivity contribution >= 4 is 130 Å². The topological polar surface area (TPSA) is 67.3 Å². The normalized spacial score (nSPS) is 12.0. The van der Waals surface area contributed by atoms with Crippen LogP contribution in [0.3, 0.4) is 0 Å². The summed E-state index contributed by atoms with van der Waals surface area (Å²) in [6.07, 6.45) is 0. The van der Waals surface area contributed by atoms with Crippen molar-refractivity contribution in [3.05, 3.63) is 278 Å². The van der Waals surface area contributed by atoms with Gasteiger partial charge in [0, 0.05) is 63.3 Å². The molecule has 0 saturated carbocycles. The van der Waals surface area contributed by atoms with E-state index in [2.05, 4.69) is 297 Å². The predicted molar refractivity (Wildman–Crippen MR) is 354 cm³/mol. The molecule has 0 N–H and O–H groups in total. The average molecular weight is 1100 g/mol. The van der Waals surface area contributed by atoms with Gasteiger partial charge in [-0.2, -0.15) is 10.5 Å². The molecule has 0 radical (unpaired) electrons. The van der Waals surface area contributed by atoms with Gasteiger partial charge in [-0.05, 0) is 87.6 Å². The minimum atomic E-state index is 0.412. The quantitative estimate of drug-likeness (QED) is 0.166. The van der Waals surface area contributed by atoms with E-state index in [-0.39, 0.29) is 0 Å². The zero-order valence-electron chi connectivity index (χ0n) is 45.5. The van der Waals surface area contributed by atoms with Crippen molar-refractivity contribution in [3.8, 4) is 57.1 Å². The first-order valence-corrected chi connectivity index (χ1v) is 29.5. The SMILES string of the molecule is N#Cc1c(-n2c3ccccc3c3ccccc32)c(-n2c3ccccc3c3ccccc32)c(C#N)c(-n2c3cccc(-c4c(-c5ccccc5)ccc5ccccc45)c3c3c4sc5ccccc5c4ccc32)c1-n1c2ccccc2c2ccccc21. The highest BCUT2D eigenvalue weighted by Crippen LogP contribution is 2.53. The smallest absolute Gasteiger partial charge is 0.104 e. The fourth-order valence-electron chi connectivity index (χ4n) is 14.5. The second kappa shape index (κ2) is 18.0. The first-order chi connectivity index (χ1) is 42.2. The summed E-state index contributed by atoms with van der Waals surface area (Å²) in [4.78, 5) is 0. The molecular weight excluding hydrogens is 1050 g/mol. The van der Waals surface area contributed by atoms with E-state index < -0.39 is 0 Å². The minimum Gasteiger partial charge on any atom is -0.306 e. The van der Waals surface area contributed by atoms with Crippen molar-refractivity contribution in [1.82, 2.24) is 18.3 Å². The number of fused-ring (bicyclic) bond motifs is 17. The van der Waals surface area contributed by atoms with Crippen molar-refractivity contribution in [2.45, 2.75) is 0 Å². The van der Waals surface area contributed by atoms with E-state index in [1.54, 1.807) is 0 Å². The third kappa shape index (κ3) is 6.45. The van der Waals surface area contributed by atoms with E-state index >= 15 is 0 Å². The zero-order chi connectivity index (χ0) is 56.0. The molecule has 5 heterocycles. The van der Waals surface area contributed by atoms with Crippen LogP contribution < -0.4 is 0 Å². The van der Waals surface area contributed by atoms with Gasteiger partial charge in [0.2, 0.25) is 0 Å². The number of nitriles is 2. The molecule has 0 spiro atoms. The molecule has 18 aromatic rings. The molecule has 392 valence electrons. The second-order valence-electron chi connectivity index (χ2n) is 22.0. The first-order valence-electron chi connectivity index (χ1n) is 28.6. The van der Waals surface area contributed by atoms with Gasteiger partial charge in [-0.1, -0.05) is 212 Å². The summed E-state index contributed by atoms with van der Waals surface area (Å²) in [5.74, 6) is 0. The molecule has 0 atom stereocenters. The van der Waals surface area contributed by atoms with E-state index in [1.807, 2.05) is 11.3 Å². The largest absolute Gasteiger partial charge is 0.306 e. The van der Waals surface area contributed by atoms with Crippen LogP contribution in [0.1, 0.15) is 11.1 Å². The maximum absolute atomic E-state index is 13.1. The van der Waals surface area contributed by atoms with Gasteiger partial charge < -0.3 is 18.3 Å². The van der Waals surface area contributed by atoms with E-state index in [9.17, 15) is 10.5 Å². The van der Waals surface area contributed by atoms with Crippen LogP contribution in [0.2, 0.25) is 0 Å². The van der Waals surface area contributed by atoms with E-state index in [0.717, 1.165) is 130 Å². The molecule has 0 fully saturated rings. The number of para-hydroxylation sites is 6. The fraction of sp³-hybridized carbons (Fsp3) is 0. The number of thiophene rings is 1. The van der Waals surface area contributed by atoms with Gasteiger partial charge in [0.15, 0.2) is 0 Å². The van der Waals surface area contributed by atoms with Gasteiger partial charge in [-0.15, -0.1) is 11.3 Å². The van der Waals surface area contributed by atoms with Gasteiger partial charge in [0.1, 0.15) is 23.3 Å². The fourth-order valence-corrected chi connectivity index (χ4v) is 15.7. The average Bonchev–Trinajstić information content (AvgIpc) is 1.68. The number of aromatic nitrogens is 4. The number of hydrogen-bond acceptors (Lipinski definition) is 3. The molecule has 0 amide bonds. The summed E-state index contributed by atoms with van der Waals surface area (Å²) in [6, 6.07) is 101. The van der Waals surface area contributed by atoms with Gasteiger partial charge in [0.25, 0.3) is 0 Å². The van der Waals surface area contributed by atoms with Crippen LogP contribution in [-0.2, 0) is 0 Å². The lowest BCUT2D eigenvalue weighted by Gasteiger charge is -2.27. The number of rotatable bonds is 6. The Morgan fingerprint density at radius 3 is 1.14 bits per heavy atom. The molecule has 0 unspecified atom stereocenters. The molecule has 0 aliphatic carbocycles. The third-order valence-corrected chi connectivity index (χ3v) is 19.0. The molecule has 6 nitrogen and oxygen atoms in total. The van der Waals surface area contributed by atoms with Crippen LogP contribution in [0, 0.1) is 22.7 Å². The van der Waals surface area contributed by atoms with Crippen molar-refractivity contribution in [1.29, 1.82) is 10.5 Å². The highest BCUT2D eigenvalue weighted by atomic mass is 32.1. The van der Waals surface area contributed by atoms with Gasteiger partial charge in [0.05, 0.1) is 66.9 Å². The summed E-state index contributed by atoms with van der Waals surface area (Å²) < 4.78 is 11.5. The first kappa shape index (κ1) is 47.2. The van der Waals surface area contributed by atoms with E-state index in [1.165, 1.54) is 10.1 Å². The Morgan fingerprint density at radius 1 is 0.271 bits per heavy atom. The highest BCUT2D eigenvalue weighted by Gasteiger charge is 2.35. The molecular formula is C78H44N6S. The summed E-state index contributed by atoms with van der Waals surface area (Å²) in [5.41, 5.74) is 15.0. The number of benzene rings is 13. The van der Waals surface area contributed by atoms with Gasteiger partial charge in [-0.25, -0.2) is 0 Å². The van der Waals surface area contributed by atoms with Crippen molar-refractivity contribution < 1.29 is 0 Å². The lowest BCUT2D eigenvalue weighted by molar-refractivity contribution is 1.02. The minimum absolute atomic E-state index is 0.412. The maximum Gasteiger partial charge on any atom is 0.104 e. The van der Waals surface area contributed by atoms with Crippen molar-refractivity contribution in [2.75, 3.05) is 0 Å². The predicted octanol–water partition coefficient (Wildman–Crippen LogP) is 20.7. The molecule has 0 aliphatic rings. The summed E-state index contributed by atoms with van der Waals surface area (Å²) in [5, 5.41) is 39.0. The molecule has 0 bridgehead atoms. The monoisotopic (exact) mass is 1100 g/mol. The number of hydrogen-bond donors (Lipinski definition) is 0. The molecule has 0 saturated heterocycles. The Hall–Kier alpha value is -11.5. The van der Waals surface area contributed by atoms with Crippen LogP contribution in [0.4, 0.5) is 0 Å².